The van der Waals surface area contributed by atoms with E-state index in [0.717, 1.165) is 12.0 Å². The Labute approximate surface area is 211 Å². The molecule has 2 aromatic carbocycles. The van der Waals surface area contributed by atoms with Crippen LogP contribution in [0.1, 0.15) is 49.5 Å². The van der Waals surface area contributed by atoms with E-state index in [2.05, 4.69) is 15.6 Å². The highest BCUT2D eigenvalue weighted by molar-refractivity contribution is 14.0. The van der Waals surface area contributed by atoms with E-state index in [1.165, 1.54) is 4.90 Å². The first-order chi connectivity index (χ1) is 15.4. The predicted octanol–water partition coefficient (Wildman–Crippen LogP) is 2.75. The summed E-state index contributed by atoms with van der Waals surface area (Å²) in [5.74, 6) is 0.214. The topological polar surface area (TPSA) is 94.1 Å². The van der Waals surface area contributed by atoms with E-state index in [1.807, 2.05) is 24.3 Å². The number of aliphatic imine (C=N–C) groups is 1. The molecule has 3 rings (SSSR count). The number of hydrogen-bond acceptors (Lipinski definition) is 4. The van der Waals surface area contributed by atoms with Crippen LogP contribution < -0.4 is 10.6 Å². The van der Waals surface area contributed by atoms with Crippen molar-refractivity contribution in [3.05, 3.63) is 70.8 Å². The minimum absolute atomic E-state index is 0. The van der Waals surface area contributed by atoms with Gasteiger partial charge in [-0.1, -0.05) is 24.3 Å². The highest BCUT2D eigenvalue weighted by Gasteiger charge is 2.34. The summed E-state index contributed by atoms with van der Waals surface area (Å²) in [6.07, 6.45) is 1.49. The van der Waals surface area contributed by atoms with Crippen molar-refractivity contribution in [2.45, 2.75) is 19.4 Å². The first-order valence-corrected chi connectivity index (χ1v) is 10.6. The van der Waals surface area contributed by atoms with Crippen LogP contribution in [0.4, 0.5) is 0 Å². The number of carbonyl (C=O) groups is 3. The molecule has 0 bridgehead atoms. The average Bonchev–Trinajstić information content (AvgIpc) is 3.05. The van der Waals surface area contributed by atoms with Crippen molar-refractivity contribution in [2.75, 3.05) is 34.2 Å². The van der Waals surface area contributed by atoms with Crippen molar-refractivity contribution in [3.8, 4) is 0 Å². The molecule has 2 N–H and O–H groups in total. The number of rotatable bonds is 8. The molecular weight excluding hydrogens is 533 g/mol. The van der Waals surface area contributed by atoms with E-state index in [0.29, 0.717) is 48.7 Å². The number of nitrogens with zero attached hydrogens (tertiary/aromatic N) is 3. The van der Waals surface area contributed by atoms with E-state index in [4.69, 9.17) is 0 Å². The monoisotopic (exact) mass is 563 g/mol. The van der Waals surface area contributed by atoms with E-state index in [1.54, 1.807) is 50.3 Å². The molecule has 0 unspecified atom stereocenters. The molecule has 3 amide bonds. The van der Waals surface area contributed by atoms with E-state index in [-0.39, 0.29) is 41.7 Å². The molecular formula is C24H30IN5O3. The van der Waals surface area contributed by atoms with E-state index < -0.39 is 0 Å². The molecule has 1 aliphatic heterocycles. The standard InChI is InChI=1S/C24H29N5O3.HI/c1-25-24(27-16-17-10-12-18(13-11-17)21(30)28(2)3)26-14-6-7-15-29-22(31)19-8-4-5-9-20(19)23(29)32;/h4-5,8-13H,6-7,14-16H2,1-3H3,(H2,25,26,27);1H. The Bertz CT molecular complexity index is 986. The molecule has 176 valence electrons. The molecule has 8 nitrogen and oxygen atoms in total. The second kappa shape index (κ2) is 12.3. The average molecular weight is 563 g/mol. The summed E-state index contributed by atoms with van der Waals surface area (Å²) in [6, 6.07) is 14.4. The number of guanidine groups is 1. The number of unbranched alkanes of at least 4 members (excludes halogenated alkanes) is 1. The number of carbonyl (C=O) groups excluding carboxylic acids is 3. The maximum absolute atomic E-state index is 12.4. The molecule has 0 spiro atoms. The Hall–Kier alpha value is -2.95. The van der Waals surface area contributed by atoms with Gasteiger partial charge in [0.25, 0.3) is 17.7 Å². The van der Waals surface area contributed by atoms with Gasteiger partial charge in [0, 0.05) is 46.3 Å². The lowest BCUT2D eigenvalue weighted by molar-refractivity contribution is 0.0651. The van der Waals surface area contributed by atoms with Crippen molar-refractivity contribution < 1.29 is 14.4 Å². The van der Waals surface area contributed by atoms with Gasteiger partial charge in [0.15, 0.2) is 5.96 Å². The molecule has 1 aliphatic rings. The third-order valence-corrected chi connectivity index (χ3v) is 5.27. The van der Waals surface area contributed by atoms with Gasteiger partial charge in [0.1, 0.15) is 0 Å². The van der Waals surface area contributed by atoms with Crippen LogP contribution >= 0.6 is 24.0 Å². The highest BCUT2D eigenvalue weighted by Crippen LogP contribution is 2.22. The van der Waals surface area contributed by atoms with Crippen LogP contribution in [0.25, 0.3) is 0 Å². The Morgan fingerprint density at radius 2 is 1.55 bits per heavy atom. The van der Waals surface area contributed by atoms with Crippen molar-refractivity contribution in [1.82, 2.24) is 20.4 Å². The quantitative estimate of drug-likeness (QED) is 0.170. The molecule has 9 heteroatoms. The molecule has 0 atom stereocenters. The fraction of sp³-hybridized carbons (Fsp3) is 0.333. The summed E-state index contributed by atoms with van der Waals surface area (Å²) in [5, 5.41) is 6.48. The molecule has 0 radical (unpaired) electrons. The minimum Gasteiger partial charge on any atom is -0.356 e. The zero-order valence-electron chi connectivity index (χ0n) is 19.1. The maximum atomic E-state index is 12.4. The number of halogens is 1. The van der Waals surface area contributed by atoms with Gasteiger partial charge in [-0.25, -0.2) is 0 Å². The Morgan fingerprint density at radius 3 is 2.09 bits per heavy atom. The Kier molecular flexibility index (Phi) is 9.83. The molecule has 0 aromatic heterocycles. The minimum atomic E-state index is -0.214. The predicted molar refractivity (Wildman–Crippen MR) is 139 cm³/mol. The fourth-order valence-electron chi connectivity index (χ4n) is 3.47. The first-order valence-electron chi connectivity index (χ1n) is 10.6. The van der Waals surface area contributed by atoms with Crippen LogP contribution in [0, 0.1) is 0 Å². The highest BCUT2D eigenvalue weighted by atomic mass is 127. The van der Waals surface area contributed by atoms with Crippen molar-refractivity contribution in [3.63, 3.8) is 0 Å². The summed E-state index contributed by atoms with van der Waals surface area (Å²) in [7, 11) is 5.16. The van der Waals surface area contributed by atoms with Gasteiger partial charge in [0.2, 0.25) is 0 Å². The van der Waals surface area contributed by atoms with Gasteiger partial charge in [-0.2, -0.15) is 0 Å². The summed E-state index contributed by atoms with van der Waals surface area (Å²) in [5.41, 5.74) is 2.66. The summed E-state index contributed by atoms with van der Waals surface area (Å²) < 4.78 is 0. The summed E-state index contributed by atoms with van der Waals surface area (Å²) in [4.78, 5) is 43.8. The third kappa shape index (κ3) is 6.53. The zero-order valence-corrected chi connectivity index (χ0v) is 21.5. The molecule has 2 aromatic rings. The zero-order chi connectivity index (χ0) is 23.1. The Balaban J connectivity index is 0.00000385. The number of nitrogens with one attached hydrogen (secondary N) is 2. The molecule has 0 fully saturated rings. The number of fused-ring (bicyclic) bond motifs is 1. The van der Waals surface area contributed by atoms with Crippen molar-refractivity contribution in [2.24, 2.45) is 4.99 Å². The normalized spacial score (nSPS) is 12.8. The lowest BCUT2D eigenvalue weighted by Crippen LogP contribution is -2.37. The smallest absolute Gasteiger partial charge is 0.261 e. The van der Waals surface area contributed by atoms with Gasteiger partial charge < -0.3 is 15.5 Å². The lowest BCUT2D eigenvalue weighted by atomic mass is 10.1. The maximum Gasteiger partial charge on any atom is 0.261 e. The summed E-state index contributed by atoms with van der Waals surface area (Å²) in [6.45, 7) is 1.64. The number of amides is 3. The van der Waals surface area contributed by atoms with E-state index >= 15 is 0 Å². The molecule has 33 heavy (non-hydrogen) atoms. The van der Waals surface area contributed by atoms with Crippen molar-refractivity contribution in [1.29, 1.82) is 0 Å². The van der Waals surface area contributed by atoms with Gasteiger partial charge in [-0.3, -0.25) is 24.3 Å². The second-order valence-electron chi connectivity index (χ2n) is 7.76. The molecule has 0 saturated carbocycles. The molecule has 1 heterocycles. The van der Waals surface area contributed by atoms with Crippen LogP contribution in [0.15, 0.2) is 53.5 Å². The summed E-state index contributed by atoms with van der Waals surface area (Å²) >= 11 is 0. The van der Waals surface area contributed by atoms with Gasteiger partial charge in [0.05, 0.1) is 11.1 Å². The molecule has 0 saturated heterocycles. The van der Waals surface area contributed by atoms with E-state index in [9.17, 15) is 14.4 Å². The van der Waals surface area contributed by atoms with Crippen LogP contribution in [-0.2, 0) is 6.54 Å². The number of benzene rings is 2. The largest absolute Gasteiger partial charge is 0.356 e. The van der Waals surface area contributed by atoms with Crippen LogP contribution in [0.3, 0.4) is 0 Å². The van der Waals surface area contributed by atoms with Crippen LogP contribution in [-0.4, -0.2) is 67.7 Å². The second-order valence-corrected chi connectivity index (χ2v) is 7.76. The van der Waals surface area contributed by atoms with Gasteiger partial charge >= 0.3 is 0 Å². The van der Waals surface area contributed by atoms with Crippen LogP contribution in [0.2, 0.25) is 0 Å². The van der Waals surface area contributed by atoms with Gasteiger partial charge in [-0.15, -0.1) is 24.0 Å². The Morgan fingerprint density at radius 1 is 0.939 bits per heavy atom. The van der Waals surface area contributed by atoms with Crippen molar-refractivity contribution >= 4 is 47.7 Å². The lowest BCUT2D eigenvalue weighted by Gasteiger charge is -2.15. The van der Waals surface area contributed by atoms with Crippen LogP contribution in [0.5, 0.6) is 0 Å². The number of imide groups is 1. The van der Waals surface area contributed by atoms with Gasteiger partial charge in [-0.05, 0) is 42.7 Å². The first kappa shape index (κ1) is 26.3. The molecule has 0 aliphatic carbocycles. The number of hydrogen-bond donors (Lipinski definition) is 2. The third-order valence-electron chi connectivity index (χ3n) is 5.27. The fourth-order valence-corrected chi connectivity index (χ4v) is 3.47. The SMILES string of the molecule is CN=C(NCCCCN1C(=O)c2ccccc2C1=O)NCc1ccc(C(=O)N(C)C)cc1.I.